The third-order valence-electron chi connectivity index (χ3n) is 4.45. The van der Waals surface area contributed by atoms with E-state index in [9.17, 15) is 0 Å². The quantitative estimate of drug-likeness (QED) is 0.566. The molecule has 1 heterocycles. The van der Waals surface area contributed by atoms with Gasteiger partial charge < -0.3 is 9.30 Å². The van der Waals surface area contributed by atoms with E-state index < -0.39 is 0 Å². The second-order valence-electron chi connectivity index (χ2n) is 7.53. The first-order chi connectivity index (χ1) is 12.0. The molecule has 0 unspecified atom stereocenters. The van der Waals surface area contributed by atoms with Gasteiger partial charge in [-0.2, -0.15) is 0 Å². The first-order valence-corrected chi connectivity index (χ1v) is 9.16. The Morgan fingerprint density at radius 1 is 1.00 bits per heavy atom. The summed E-state index contributed by atoms with van der Waals surface area (Å²) >= 11 is 0. The van der Waals surface area contributed by atoms with Crippen LogP contribution in [0.2, 0.25) is 0 Å². The van der Waals surface area contributed by atoms with Crippen molar-refractivity contribution in [2.75, 3.05) is 6.61 Å². The van der Waals surface area contributed by atoms with Crippen LogP contribution in [0.1, 0.15) is 45.5 Å². The number of benzene rings is 2. The molecule has 2 aromatic carbocycles. The predicted octanol–water partition coefficient (Wildman–Crippen LogP) is 5.37. The smallest absolute Gasteiger partial charge is 0.119 e. The van der Waals surface area contributed by atoms with E-state index in [0.29, 0.717) is 6.61 Å². The summed E-state index contributed by atoms with van der Waals surface area (Å²) in [6, 6.07) is 16.8. The maximum Gasteiger partial charge on any atom is 0.119 e. The molecule has 0 spiro atoms. The highest BCUT2D eigenvalue weighted by atomic mass is 16.5. The molecule has 3 aromatic rings. The summed E-state index contributed by atoms with van der Waals surface area (Å²) in [5.74, 6) is 2.09. The highest BCUT2D eigenvalue weighted by Gasteiger charge is 2.22. The van der Waals surface area contributed by atoms with E-state index in [1.54, 1.807) is 0 Å². The average Bonchev–Trinajstić information content (AvgIpc) is 2.98. The van der Waals surface area contributed by atoms with E-state index in [2.05, 4.69) is 80.8 Å². The minimum Gasteiger partial charge on any atom is -0.494 e. The number of rotatable bonds is 6. The first-order valence-electron chi connectivity index (χ1n) is 9.16. The minimum absolute atomic E-state index is 0.0237. The van der Waals surface area contributed by atoms with Gasteiger partial charge in [0, 0.05) is 12.0 Å². The standard InChI is InChI=1S/C22H28N2O/c1-5-17-11-13-18(14-12-17)25-16-8-15-24-20-10-7-6-9-19(20)23-21(24)22(2,3)4/h6-7,9-14H,5,8,15-16H2,1-4H3. The third kappa shape index (κ3) is 4.04. The van der Waals surface area contributed by atoms with Crippen molar-refractivity contribution in [2.45, 2.75) is 52.5 Å². The van der Waals surface area contributed by atoms with Crippen molar-refractivity contribution >= 4 is 11.0 Å². The molecule has 1 aromatic heterocycles. The lowest BCUT2D eigenvalue weighted by atomic mass is 9.95. The largest absolute Gasteiger partial charge is 0.494 e. The Balaban J connectivity index is 1.68. The van der Waals surface area contributed by atoms with Crippen LogP contribution in [0.4, 0.5) is 0 Å². The monoisotopic (exact) mass is 336 g/mol. The van der Waals surface area contributed by atoms with Crippen molar-refractivity contribution in [3.05, 3.63) is 59.9 Å². The van der Waals surface area contributed by atoms with Gasteiger partial charge in [0.2, 0.25) is 0 Å². The van der Waals surface area contributed by atoms with Gasteiger partial charge in [-0.1, -0.05) is 52.0 Å². The highest BCUT2D eigenvalue weighted by molar-refractivity contribution is 5.76. The molecule has 0 saturated carbocycles. The van der Waals surface area contributed by atoms with Crippen molar-refractivity contribution in [3.63, 3.8) is 0 Å². The van der Waals surface area contributed by atoms with Gasteiger partial charge in [0.25, 0.3) is 0 Å². The molecular weight excluding hydrogens is 308 g/mol. The molecule has 0 aliphatic carbocycles. The normalized spacial score (nSPS) is 11.8. The molecular formula is C22H28N2O. The second kappa shape index (κ2) is 7.30. The van der Waals surface area contributed by atoms with Crippen LogP contribution in [0.3, 0.4) is 0 Å². The van der Waals surface area contributed by atoms with Gasteiger partial charge in [0.05, 0.1) is 17.6 Å². The lowest BCUT2D eigenvalue weighted by Crippen LogP contribution is -2.19. The van der Waals surface area contributed by atoms with Gasteiger partial charge in [0.15, 0.2) is 0 Å². The van der Waals surface area contributed by atoms with Gasteiger partial charge in [-0.05, 0) is 42.7 Å². The van der Waals surface area contributed by atoms with Crippen LogP contribution in [0.15, 0.2) is 48.5 Å². The van der Waals surface area contributed by atoms with Gasteiger partial charge >= 0.3 is 0 Å². The number of aromatic nitrogens is 2. The summed E-state index contributed by atoms with van der Waals surface area (Å²) in [4.78, 5) is 4.86. The molecule has 0 bridgehead atoms. The topological polar surface area (TPSA) is 27.1 Å². The third-order valence-corrected chi connectivity index (χ3v) is 4.45. The molecule has 0 fully saturated rings. The summed E-state index contributed by atoms with van der Waals surface area (Å²) in [5.41, 5.74) is 3.64. The zero-order valence-corrected chi connectivity index (χ0v) is 15.7. The molecule has 0 amide bonds. The van der Waals surface area contributed by atoms with E-state index in [1.165, 1.54) is 11.1 Å². The predicted molar refractivity (Wildman–Crippen MR) is 104 cm³/mol. The number of para-hydroxylation sites is 2. The zero-order valence-electron chi connectivity index (χ0n) is 15.7. The number of hydrogen-bond donors (Lipinski definition) is 0. The SMILES string of the molecule is CCc1ccc(OCCCn2c(C(C)(C)C)nc3ccccc32)cc1. The first kappa shape index (κ1) is 17.5. The molecule has 3 heteroatoms. The Kier molecular flexibility index (Phi) is 5.12. The van der Waals surface area contributed by atoms with Crippen LogP contribution in [0.5, 0.6) is 5.75 Å². The number of fused-ring (bicyclic) bond motifs is 1. The molecule has 0 radical (unpaired) electrons. The summed E-state index contributed by atoms with van der Waals surface area (Å²) in [5, 5.41) is 0. The lowest BCUT2D eigenvalue weighted by molar-refractivity contribution is 0.300. The van der Waals surface area contributed by atoms with Crippen molar-refractivity contribution in [3.8, 4) is 5.75 Å². The summed E-state index contributed by atoms with van der Waals surface area (Å²) < 4.78 is 8.25. The molecule has 3 rings (SSSR count). The van der Waals surface area contributed by atoms with Crippen LogP contribution in [-0.2, 0) is 18.4 Å². The fourth-order valence-corrected chi connectivity index (χ4v) is 3.11. The van der Waals surface area contributed by atoms with Crippen LogP contribution >= 0.6 is 0 Å². The van der Waals surface area contributed by atoms with Crippen LogP contribution in [0.25, 0.3) is 11.0 Å². The zero-order chi connectivity index (χ0) is 17.9. The highest BCUT2D eigenvalue weighted by Crippen LogP contribution is 2.26. The van der Waals surface area contributed by atoms with Crippen molar-refractivity contribution in [2.24, 2.45) is 0 Å². The van der Waals surface area contributed by atoms with Crippen molar-refractivity contribution in [1.82, 2.24) is 9.55 Å². The average molecular weight is 336 g/mol. The number of nitrogens with zero attached hydrogens (tertiary/aromatic N) is 2. The Hall–Kier alpha value is -2.29. The summed E-state index contributed by atoms with van der Waals surface area (Å²) in [6.07, 6.45) is 2.02. The number of hydrogen-bond acceptors (Lipinski definition) is 2. The minimum atomic E-state index is 0.0237. The van der Waals surface area contributed by atoms with Crippen LogP contribution in [0, 0.1) is 0 Å². The number of imidazole rings is 1. The molecule has 0 aliphatic rings. The van der Waals surface area contributed by atoms with E-state index in [1.807, 2.05) is 0 Å². The Morgan fingerprint density at radius 3 is 2.40 bits per heavy atom. The lowest BCUT2D eigenvalue weighted by Gasteiger charge is -2.20. The molecule has 132 valence electrons. The van der Waals surface area contributed by atoms with Crippen molar-refractivity contribution in [1.29, 1.82) is 0 Å². The van der Waals surface area contributed by atoms with Crippen LogP contribution < -0.4 is 4.74 Å². The van der Waals surface area contributed by atoms with Crippen LogP contribution in [-0.4, -0.2) is 16.2 Å². The molecule has 0 saturated heterocycles. The number of aryl methyl sites for hydroxylation is 2. The fourth-order valence-electron chi connectivity index (χ4n) is 3.11. The Bertz CT molecular complexity index is 825. The summed E-state index contributed by atoms with van der Waals surface area (Å²) in [6.45, 7) is 10.4. The maximum atomic E-state index is 5.91. The molecule has 0 aliphatic heterocycles. The van der Waals surface area contributed by atoms with Gasteiger partial charge in [-0.15, -0.1) is 0 Å². The van der Waals surface area contributed by atoms with E-state index in [0.717, 1.165) is 36.5 Å². The van der Waals surface area contributed by atoms with Gasteiger partial charge in [-0.3, -0.25) is 0 Å². The molecule has 0 N–H and O–H groups in total. The van der Waals surface area contributed by atoms with E-state index in [-0.39, 0.29) is 5.41 Å². The van der Waals surface area contributed by atoms with E-state index in [4.69, 9.17) is 9.72 Å². The van der Waals surface area contributed by atoms with Gasteiger partial charge in [-0.25, -0.2) is 4.98 Å². The van der Waals surface area contributed by atoms with Gasteiger partial charge in [0.1, 0.15) is 11.6 Å². The molecule has 0 atom stereocenters. The Morgan fingerprint density at radius 2 is 1.72 bits per heavy atom. The van der Waals surface area contributed by atoms with Crippen molar-refractivity contribution < 1.29 is 4.74 Å². The molecule has 3 nitrogen and oxygen atoms in total. The molecule has 25 heavy (non-hydrogen) atoms. The van der Waals surface area contributed by atoms with E-state index >= 15 is 0 Å². The fraction of sp³-hybridized carbons (Fsp3) is 0.409. The maximum absolute atomic E-state index is 5.91. The Labute approximate surface area is 150 Å². The second-order valence-corrected chi connectivity index (χ2v) is 7.53. The summed E-state index contributed by atoms with van der Waals surface area (Å²) in [7, 11) is 0. The number of ether oxygens (including phenoxy) is 1.